The number of halogens is 1. The Morgan fingerprint density at radius 2 is 1.88 bits per heavy atom. The van der Waals surface area contributed by atoms with E-state index in [0.29, 0.717) is 24.3 Å². The maximum Gasteiger partial charge on any atom is 0.146 e. The number of rotatable bonds is 6. The molecule has 0 heterocycles. The second-order valence-electron chi connectivity index (χ2n) is 3.43. The van der Waals surface area contributed by atoms with Gasteiger partial charge in [-0.15, -0.1) is 13.2 Å². The van der Waals surface area contributed by atoms with E-state index in [9.17, 15) is 4.39 Å². The minimum atomic E-state index is -0.338. The van der Waals surface area contributed by atoms with Crippen molar-refractivity contribution < 1.29 is 9.50 Å². The lowest BCUT2D eigenvalue weighted by atomic mass is 10.2. The minimum absolute atomic E-state index is 0.153. The van der Waals surface area contributed by atoms with Gasteiger partial charge in [0.15, 0.2) is 0 Å². The second-order valence-corrected chi connectivity index (χ2v) is 3.43. The van der Waals surface area contributed by atoms with Gasteiger partial charge in [0.25, 0.3) is 0 Å². The fourth-order valence-electron chi connectivity index (χ4n) is 1.49. The number of anilines is 1. The zero-order chi connectivity index (χ0) is 12.0. The van der Waals surface area contributed by atoms with Crippen molar-refractivity contribution in [2.24, 2.45) is 0 Å². The Balaban J connectivity index is 2.99. The van der Waals surface area contributed by atoms with E-state index < -0.39 is 0 Å². The molecule has 3 heteroatoms. The first-order valence-corrected chi connectivity index (χ1v) is 5.09. The van der Waals surface area contributed by atoms with E-state index in [1.165, 1.54) is 6.07 Å². The predicted molar refractivity (Wildman–Crippen MR) is 64.9 cm³/mol. The summed E-state index contributed by atoms with van der Waals surface area (Å²) in [7, 11) is 0. The van der Waals surface area contributed by atoms with Gasteiger partial charge in [0.2, 0.25) is 0 Å². The van der Waals surface area contributed by atoms with Crippen molar-refractivity contribution in [3.63, 3.8) is 0 Å². The van der Waals surface area contributed by atoms with Gasteiger partial charge in [-0.3, -0.25) is 0 Å². The van der Waals surface area contributed by atoms with Crippen LogP contribution in [0, 0.1) is 5.82 Å². The summed E-state index contributed by atoms with van der Waals surface area (Å²) < 4.78 is 13.7. The van der Waals surface area contributed by atoms with Crippen molar-refractivity contribution in [1.29, 1.82) is 0 Å². The van der Waals surface area contributed by atoms with Crippen molar-refractivity contribution in [2.75, 3.05) is 18.0 Å². The van der Waals surface area contributed by atoms with Crippen LogP contribution >= 0.6 is 0 Å². The quantitative estimate of drug-likeness (QED) is 0.746. The lowest BCUT2D eigenvalue weighted by Crippen LogP contribution is -2.24. The standard InChI is InChI=1S/C13H16FNO/c1-3-7-15(8-4-2)13-6-5-11(10-16)9-12(13)14/h3-6,9,16H,1-2,7-8,10H2. The number of benzene rings is 1. The van der Waals surface area contributed by atoms with Gasteiger partial charge < -0.3 is 10.0 Å². The largest absolute Gasteiger partial charge is 0.392 e. The van der Waals surface area contributed by atoms with E-state index in [1.807, 2.05) is 4.90 Å². The van der Waals surface area contributed by atoms with Crippen LogP contribution in [0.5, 0.6) is 0 Å². The number of nitrogens with zero attached hydrogens (tertiary/aromatic N) is 1. The molecule has 1 rings (SSSR count). The zero-order valence-electron chi connectivity index (χ0n) is 9.19. The summed E-state index contributed by atoms with van der Waals surface area (Å²) >= 11 is 0. The Morgan fingerprint density at radius 3 is 2.31 bits per heavy atom. The van der Waals surface area contributed by atoms with Crippen LogP contribution in [0.4, 0.5) is 10.1 Å². The lowest BCUT2D eigenvalue weighted by molar-refractivity contribution is 0.281. The molecule has 16 heavy (non-hydrogen) atoms. The molecule has 0 saturated heterocycles. The lowest BCUT2D eigenvalue weighted by Gasteiger charge is -2.22. The molecule has 0 aliphatic heterocycles. The predicted octanol–water partition coefficient (Wildman–Crippen LogP) is 2.50. The smallest absolute Gasteiger partial charge is 0.146 e. The Kier molecular flexibility index (Phi) is 4.73. The molecule has 0 saturated carbocycles. The van der Waals surface area contributed by atoms with Crippen molar-refractivity contribution >= 4 is 5.69 Å². The monoisotopic (exact) mass is 221 g/mol. The topological polar surface area (TPSA) is 23.5 Å². The highest BCUT2D eigenvalue weighted by molar-refractivity contribution is 5.50. The molecule has 0 amide bonds. The third-order valence-electron chi connectivity index (χ3n) is 2.23. The summed E-state index contributed by atoms with van der Waals surface area (Å²) in [4.78, 5) is 1.82. The van der Waals surface area contributed by atoms with Crippen LogP contribution in [0.1, 0.15) is 5.56 Å². The van der Waals surface area contributed by atoms with Gasteiger partial charge in [-0.05, 0) is 17.7 Å². The fourth-order valence-corrected chi connectivity index (χ4v) is 1.49. The van der Waals surface area contributed by atoms with E-state index in [1.54, 1.807) is 24.3 Å². The Morgan fingerprint density at radius 1 is 1.25 bits per heavy atom. The summed E-state index contributed by atoms with van der Waals surface area (Å²) in [6.07, 6.45) is 3.42. The average molecular weight is 221 g/mol. The number of hydrogen-bond acceptors (Lipinski definition) is 2. The first-order valence-electron chi connectivity index (χ1n) is 5.09. The molecule has 1 aromatic rings. The number of aliphatic hydroxyl groups is 1. The van der Waals surface area contributed by atoms with Crippen LogP contribution in [-0.4, -0.2) is 18.2 Å². The Hall–Kier alpha value is -1.61. The highest BCUT2D eigenvalue weighted by Gasteiger charge is 2.09. The molecule has 0 bridgehead atoms. The molecule has 0 aliphatic carbocycles. The molecule has 1 aromatic carbocycles. The molecule has 0 atom stereocenters. The molecule has 1 N–H and O–H groups in total. The summed E-state index contributed by atoms with van der Waals surface area (Å²) in [5.74, 6) is -0.338. The van der Waals surface area contributed by atoms with Gasteiger partial charge in [0, 0.05) is 13.1 Å². The zero-order valence-corrected chi connectivity index (χ0v) is 9.19. The first-order chi connectivity index (χ1) is 7.72. The summed E-state index contributed by atoms with van der Waals surface area (Å²) in [5, 5.41) is 8.89. The van der Waals surface area contributed by atoms with Crippen molar-refractivity contribution in [3.8, 4) is 0 Å². The number of hydrogen-bond donors (Lipinski definition) is 1. The van der Waals surface area contributed by atoms with Gasteiger partial charge >= 0.3 is 0 Å². The van der Waals surface area contributed by atoms with Crippen LogP contribution in [0.2, 0.25) is 0 Å². The van der Waals surface area contributed by atoms with E-state index in [0.717, 1.165) is 0 Å². The third kappa shape index (κ3) is 2.94. The van der Waals surface area contributed by atoms with Crippen molar-refractivity contribution in [1.82, 2.24) is 0 Å². The third-order valence-corrected chi connectivity index (χ3v) is 2.23. The SMILES string of the molecule is C=CCN(CC=C)c1ccc(CO)cc1F. The van der Waals surface area contributed by atoms with E-state index in [2.05, 4.69) is 13.2 Å². The average Bonchev–Trinajstić information content (AvgIpc) is 2.29. The Bertz CT molecular complexity index is 366. The van der Waals surface area contributed by atoms with E-state index in [-0.39, 0.29) is 12.4 Å². The molecule has 0 fully saturated rings. The van der Waals surface area contributed by atoms with Gasteiger partial charge in [-0.1, -0.05) is 18.2 Å². The van der Waals surface area contributed by atoms with Gasteiger partial charge in [-0.25, -0.2) is 4.39 Å². The summed E-state index contributed by atoms with van der Waals surface area (Å²) in [6, 6.07) is 4.71. The second kappa shape index (κ2) is 6.08. The molecule has 2 nitrogen and oxygen atoms in total. The molecule has 0 aliphatic rings. The summed E-state index contributed by atoms with van der Waals surface area (Å²) in [5.41, 5.74) is 1.07. The van der Waals surface area contributed by atoms with Crippen LogP contribution in [0.25, 0.3) is 0 Å². The molecule has 0 aromatic heterocycles. The fraction of sp³-hybridized carbons (Fsp3) is 0.231. The molecular weight excluding hydrogens is 205 g/mol. The Labute approximate surface area is 95.3 Å². The minimum Gasteiger partial charge on any atom is -0.392 e. The number of aliphatic hydroxyl groups excluding tert-OH is 1. The maximum absolute atomic E-state index is 13.7. The molecule has 0 spiro atoms. The highest BCUT2D eigenvalue weighted by atomic mass is 19.1. The maximum atomic E-state index is 13.7. The normalized spacial score (nSPS) is 9.88. The van der Waals surface area contributed by atoms with Crippen molar-refractivity contribution in [3.05, 3.63) is 54.9 Å². The van der Waals surface area contributed by atoms with Crippen LogP contribution in [0.15, 0.2) is 43.5 Å². The van der Waals surface area contributed by atoms with Crippen molar-refractivity contribution in [2.45, 2.75) is 6.61 Å². The van der Waals surface area contributed by atoms with Crippen LogP contribution < -0.4 is 4.90 Å². The van der Waals surface area contributed by atoms with Gasteiger partial charge in [-0.2, -0.15) is 0 Å². The molecule has 0 unspecified atom stereocenters. The van der Waals surface area contributed by atoms with E-state index in [4.69, 9.17) is 5.11 Å². The molecule has 86 valence electrons. The summed E-state index contributed by atoms with van der Waals surface area (Å²) in [6.45, 7) is 8.23. The van der Waals surface area contributed by atoms with Gasteiger partial charge in [0.05, 0.1) is 12.3 Å². The highest BCUT2D eigenvalue weighted by Crippen LogP contribution is 2.20. The van der Waals surface area contributed by atoms with Crippen LogP contribution in [0.3, 0.4) is 0 Å². The van der Waals surface area contributed by atoms with Gasteiger partial charge in [0.1, 0.15) is 5.82 Å². The van der Waals surface area contributed by atoms with Crippen LogP contribution in [-0.2, 0) is 6.61 Å². The molecular formula is C13H16FNO. The molecule has 0 radical (unpaired) electrons. The van der Waals surface area contributed by atoms with E-state index >= 15 is 0 Å². The first kappa shape index (κ1) is 12.5.